The number of pyridine rings is 1. The van der Waals surface area contributed by atoms with E-state index < -0.39 is 5.41 Å². The summed E-state index contributed by atoms with van der Waals surface area (Å²) in [6.07, 6.45) is 2.18. The van der Waals surface area contributed by atoms with Gasteiger partial charge in [-0.1, -0.05) is 18.2 Å². The van der Waals surface area contributed by atoms with Gasteiger partial charge in [0.1, 0.15) is 11.6 Å². The average Bonchev–Trinajstić information content (AvgIpc) is 3.26. The zero-order chi connectivity index (χ0) is 15.7. The fourth-order valence-electron chi connectivity index (χ4n) is 2.79. The van der Waals surface area contributed by atoms with Crippen molar-refractivity contribution in [2.45, 2.75) is 18.8 Å². The number of halogens is 1. The van der Waals surface area contributed by atoms with Crippen LogP contribution in [0.3, 0.4) is 0 Å². The third kappa shape index (κ3) is 2.60. The van der Waals surface area contributed by atoms with Crippen LogP contribution in [-0.4, -0.2) is 22.6 Å². The largest absolute Gasteiger partial charge is 0.395 e. The number of carbonyl (C=O) groups is 1. The van der Waals surface area contributed by atoms with E-state index in [1.165, 1.54) is 12.1 Å². The number of benzene rings is 1. The van der Waals surface area contributed by atoms with Gasteiger partial charge < -0.3 is 10.4 Å². The van der Waals surface area contributed by atoms with Crippen LogP contribution in [0.1, 0.15) is 17.5 Å². The third-order valence-corrected chi connectivity index (χ3v) is 4.24. The number of nitrogens with one attached hydrogen (secondary N) is 1. The van der Waals surface area contributed by atoms with Gasteiger partial charge in [0.2, 0.25) is 5.91 Å². The van der Waals surface area contributed by atoms with Crippen molar-refractivity contribution in [1.82, 2.24) is 4.98 Å². The maximum absolute atomic E-state index is 13.4. The number of amides is 1. The Morgan fingerprint density at radius 3 is 2.91 bits per heavy atom. The molecule has 2 atom stereocenters. The first-order chi connectivity index (χ1) is 10.5. The molecule has 1 aromatic carbocycles. The van der Waals surface area contributed by atoms with Gasteiger partial charge in [-0.15, -0.1) is 0 Å². The van der Waals surface area contributed by atoms with Gasteiger partial charge in [0.25, 0.3) is 0 Å². The molecule has 0 unspecified atom stereocenters. The summed E-state index contributed by atoms with van der Waals surface area (Å²) in [5.41, 5.74) is 0.984. The van der Waals surface area contributed by atoms with Crippen LogP contribution in [-0.2, 0) is 10.2 Å². The summed E-state index contributed by atoms with van der Waals surface area (Å²) < 4.78 is 13.4. The summed E-state index contributed by atoms with van der Waals surface area (Å²) in [5.74, 6) is -0.456. The van der Waals surface area contributed by atoms with Crippen molar-refractivity contribution >= 4 is 11.7 Å². The number of anilines is 1. The van der Waals surface area contributed by atoms with Gasteiger partial charge in [0.05, 0.1) is 12.5 Å². The molecule has 1 heterocycles. The van der Waals surface area contributed by atoms with Crippen LogP contribution >= 0.6 is 0 Å². The number of aliphatic hydroxyl groups is 1. The number of hydrogen-bond donors (Lipinski definition) is 2. The number of hydrogen-bond acceptors (Lipinski definition) is 3. The van der Waals surface area contributed by atoms with Gasteiger partial charge >= 0.3 is 0 Å². The van der Waals surface area contributed by atoms with Gasteiger partial charge in [-0.25, -0.2) is 9.37 Å². The number of rotatable bonds is 4. The lowest BCUT2D eigenvalue weighted by Crippen LogP contribution is -2.24. The normalized spacial score (nSPS) is 23.1. The van der Waals surface area contributed by atoms with Crippen LogP contribution in [0.25, 0.3) is 0 Å². The van der Waals surface area contributed by atoms with Crippen molar-refractivity contribution in [1.29, 1.82) is 0 Å². The standard InChI is InChI=1S/C17H17FN2O2/c1-11-5-6-15(19-9-11)20-16(22)14-8-17(14,10-21)12-3-2-4-13(18)7-12/h2-7,9,14,21H,8,10H2,1H3,(H,19,20,22)/t14-,17+/m0/s1. The van der Waals surface area contributed by atoms with Crippen molar-refractivity contribution in [2.75, 3.05) is 11.9 Å². The third-order valence-electron chi connectivity index (χ3n) is 4.24. The van der Waals surface area contributed by atoms with Crippen LogP contribution < -0.4 is 5.32 Å². The fourth-order valence-corrected chi connectivity index (χ4v) is 2.79. The zero-order valence-corrected chi connectivity index (χ0v) is 12.2. The van der Waals surface area contributed by atoms with Gasteiger partial charge in [0.15, 0.2) is 0 Å². The summed E-state index contributed by atoms with van der Waals surface area (Å²) in [6, 6.07) is 9.67. The van der Waals surface area contributed by atoms with Crippen LogP contribution in [0, 0.1) is 18.7 Å². The van der Waals surface area contributed by atoms with Crippen LogP contribution in [0.5, 0.6) is 0 Å². The Bertz CT molecular complexity index is 702. The minimum Gasteiger partial charge on any atom is -0.395 e. The molecular formula is C17H17FN2O2. The molecule has 1 aliphatic carbocycles. The second-order valence-corrected chi connectivity index (χ2v) is 5.79. The van der Waals surface area contributed by atoms with Gasteiger partial charge in [0, 0.05) is 11.6 Å². The quantitative estimate of drug-likeness (QED) is 0.911. The van der Waals surface area contributed by atoms with Crippen molar-refractivity contribution < 1.29 is 14.3 Å². The maximum atomic E-state index is 13.4. The lowest BCUT2D eigenvalue weighted by atomic mass is 9.93. The summed E-state index contributed by atoms with van der Waals surface area (Å²) in [5, 5.41) is 12.5. The number of nitrogens with zero attached hydrogens (tertiary/aromatic N) is 1. The monoisotopic (exact) mass is 300 g/mol. The van der Waals surface area contributed by atoms with E-state index in [9.17, 15) is 14.3 Å². The SMILES string of the molecule is Cc1ccc(NC(=O)[C@@H]2C[C@@]2(CO)c2cccc(F)c2)nc1. The average molecular weight is 300 g/mol. The molecule has 0 spiro atoms. The molecule has 0 bridgehead atoms. The molecule has 114 valence electrons. The first-order valence-electron chi connectivity index (χ1n) is 7.15. The van der Waals surface area contributed by atoms with Gasteiger partial charge in [-0.2, -0.15) is 0 Å². The first-order valence-corrected chi connectivity index (χ1v) is 7.15. The minimum atomic E-state index is -0.684. The topological polar surface area (TPSA) is 62.2 Å². The second-order valence-electron chi connectivity index (χ2n) is 5.79. The Morgan fingerprint density at radius 2 is 2.27 bits per heavy atom. The summed E-state index contributed by atoms with van der Waals surface area (Å²) in [7, 11) is 0. The van der Waals surface area contributed by atoms with Crippen LogP contribution in [0.15, 0.2) is 42.6 Å². The van der Waals surface area contributed by atoms with Crippen molar-refractivity contribution in [2.24, 2.45) is 5.92 Å². The minimum absolute atomic E-state index is 0.185. The van der Waals surface area contributed by atoms with Gasteiger partial charge in [-0.3, -0.25) is 4.79 Å². The molecule has 3 rings (SSSR count). The summed E-state index contributed by atoms with van der Waals surface area (Å²) in [4.78, 5) is 16.5. The predicted octanol–water partition coefficient (Wildman–Crippen LogP) is 2.42. The van der Waals surface area contributed by atoms with Crippen molar-refractivity contribution in [3.8, 4) is 0 Å². The number of aryl methyl sites for hydroxylation is 1. The molecule has 1 saturated carbocycles. The van der Waals surface area contributed by atoms with Crippen LogP contribution in [0.2, 0.25) is 0 Å². The van der Waals surface area contributed by atoms with E-state index in [1.54, 1.807) is 24.4 Å². The molecule has 2 N–H and O–H groups in total. The number of aliphatic hydroxyl groups excluding tert-OH is 1. The van der Waals surface area contributed by atoms with E-state index in [0.717, 1.165) is 5.56 Å². The first kappa shape index (κ1) is 14.7. The summed E-state index contributed by atoms with van der Waals surface area (Å²) in [6.45, 7) is 1.73. The van der Waals surface area contributed by atoms with E-state index in [-0.39, 0.29) is 24.2 Å². The molecule has 5 heteroatoms. The number of aromatic nitrogens is 1. The highest BCUT2D eigenvalue weighted by Crippen LogP contribution is 2.54. The Kier molecular flexibility index (Phi) is 3.66. The molecule has 0 saturated heterocycles. The molecule has 1 amide bonds. The van der Waals surface area contributed by atoms with Gasteiger partial charge in [-0.05, 0) is 42.7 Å². The van der Waals surface area contributed by atoms with E-state index in [4.69, 9.17) is 0 Å². The van der Waals surface area contributed by atoms with Crippen molar-refractivity contribution in [3.05, 3.63) is 59.5 Å². The smallest absolute Gasteiger partial charge is 0.229 e. The van der Waals surface area contributed by atoms with E-state index in [2.05, 4.69) is 10.3 Å². The molecule has 22 heavy (non-hydrogen) atoms. The second kappa shape index (κ2) is 5.50. The molecular weight excluding hydrogens is 283 g/mol. The molecule has 4 nitrogen and oxygen atoms in total. The highest BCUT2D eigenvalue weighted by atomic mass is 19.1. The molecule has 1 fully saturated rings. The Morgan fingerprint density at radius 1 is 1.45 bits per heavy atom. The number of carbonyl (C=O) groups excluding carboxylic acids is 1. The molecule has 0 aliphatic heterocycles. The zero-order valence-electron chi connectivity index (χ0n) is 12.2. The molecule has 0 radical (unpaired) electrons. The Balaban J connectivity index is 1.76. The fraction of sp³-hybridized carbons (Fsp3) is 0.294. The Labute approximate surface area is 128 Å². The van der Waals surface area contributed by atoms with Crippen molar-refractivity contribution in [3.63, 3.8) is 0 Å². The highest BCUT2D eigenvalue weighted by Gasteiger charge is 2.59. The van der Waals surface area contributed by atoms with E-state index in [0.29, 0.717) is 17.8 Å². The maximum Gasteiger partial charge on any atom is 0.229 e. The molecule has 1 aliphatic rings. The Hall–Kier alpha value is -2.27. The van der Waals surface area contributed by atoms with E-state index in [1.807, 2.05) is 13.0 Å². The van der Waals surface area contributed by atoms with Crippen LogP contribution in [0.4, 0.5) is 10.2 Å². The highest BCUT2D eigenvalue weighted by molar-refractivity contribution is 5.95. The van der Waals surface area contributed by atoms with E-state index >= 15 is 0 Å². The lowest BCUT2D eigenvalue weighted by Gasteiger charge is -2.15. The predicted molar refractivity (Wildman–Crippen MR) is 80.9 cm³/mol. The molecule has 2 aromatic rings. The summed E-state index contributed by atoms with van der Waals surface area (Å²) >= 11 is 0. The molecule has 1 aromatic heterocycles. The lowest BCUT2D eigenvalue weighted by molar-refractivity contribution is -0.118.